The third-order valence-electron chi connectivity index (χ3n) is 6.43. The minimum absolute atomic E-state index is 0.311. The van der Waals surface area contributed by atoms with Crippen molar-refractivity contribution in [2.24, 2.45) is 34.5 Å². The lowest BCUT2D eigenvalue weighted by molar-refractivity contribution is -0.0278. The largest absolute Gasteiger partial charge is 0.300 e. The molecule has 124 valence electrons. The van der Waals surface area contributed by atoms with Gasteiger partial charge in [-0.3, -0.25) is 0 Å². The highest BCUT2D eigenvalue weighted by atomic mass is 15.2. The highest BCUT2D eigenvalue weighted by Crippen LogP contribution is 2.61. The van der Waals surface area contributed by atoms with Gasteiger partial charge < -0.3 is 4.90 Å². The molecule has 2 bridgehead atoms. The van der Waals surface area contributed by atoms with Crippen molar-refractivity contribution in [3.63, 3.8) is 0 Å². The molecule has 0 spiro atoms. The first-order valence-corrected chi connectivity index (χ1v) is 9.05. The van der Waals surface area contributed by atoms with E-state index in [2.05, 4.69) is 67.3 Å². The fourth-order valence-corrected chi connectivity index (χ4v) is 5.72. The summed E-state index contributed by atoms with van der Waals surface area (Å²) in [5.74, 6) is 3.72. The Labute approximate surface area is 133 Å². The van der Waals surface area contributed by atoms with E-state index in [0.717, 1.165) is 23.7 Å². The number of hydrogen-bond acceptors (Lipinski definition) is 1. The highest BCUT2D eigenvalue weighted by molar-refractivity contribution is 5.08. The molecule has 0 aromatic heterocycles. The van der Waals surface area contributed by atoms with Crippen LogP contribution in [0.15, 0.2) is 0 Å². The Balaban J connectivity index is 2.25. The lowest BCUT2D eigenvalue weighted by Crippen LogP contribution is -2.55. The van der Waals surface area contributed by atoms with Crippen molar-refractivity contribution < 1.29 is 0 Å². The summed E-state index contributed by atoms with van der Waals surface area (Å²) >= 11 is 0. The minimum atomic E-state index is 0.311. The van der Waals surface area contributed by atoms with Crippen LogP contribution in [0.3, 0.4) is 0 Å². The normalized spacial score (nSPS) is 34.0. The van der Waals surface area contributed by atoms with Crippen LogP contribution < -0.4 is 0 Å². The van der Waals surface area contributed by atoms with Crippen LogP contribution in [-0.2, 0) is 0 Å². The Morgan fingerprint density at radius 3 is 1.71 bits per heavy atom. The summed E-state index contributed by atoms with van der Waals surface area (Å²) in [5, 5.41) is 0. The topological polar surface area (TPSA) is 3.24 Å². The minimum Gasteiger partial charge on any atom is -0.300 e. The van der Waals surface area contributed by atoms with Gasteiger partial charge >= 0.3 is 0 Å². The monoisotopic (exact) mass is 293 g/mol. The van der Waals surface area contributed by atoms with Gasteiger partial charge in [-0.05, 0) is 74.7 Å². The molecule has 4 atom stereocenters. The second-order valence-corrected chi connectivity index (χ2v) is 10.8. The molecule has 2 aliphatic rings. The van der Waals surface area contributed by atoms with E-state index in [4.69, 9.17) is 0 Å². The molecule has 0 saturated heterocycles. The van der Waals surface area contributed by atoms with Gasteiger partial charge in [-0.2, -0.15) is 0 Å². The summed E-state index contributed by atoms with van der Waals surface area (Å²) in [4.78, 5) is 2.66. The van der Waals surface area contributed by atoms with Crippen LogP contribution in [0.5, 0.6) is 0 Å². The van der Waals surface area contributed by atoms with Gasteiger partial charge in [-0.1, -0.05) is 41.5 Å². The molecule has 1 nitrogen and oxygen atoms in total. The van der Waals surface area contributed by atoms with Gasteiger partial charge in [0.05, 0.1) is 0 Å². The molecule has 1 heteroatoms. The smallest absolute Gasteiger partial charge is 0.0184 e. The molecule has 0 aliphatic heterocycles. The van der Waals surface area contributed by atoms with Crippen molar-refractivity contribution in [2.45, 2.75) is 80.2 Å². The lowest BCUT2D eigenvalue weighted by Gasteiger charge is -2.52. The first kappa shape index (κ1) is 17.3. The molecule has 0 aromatic rings. The van der Waals surface area contributed by atoms with Gasteiger partial charge in [0, 0.05) is 12.1 Å². The Bertz CT molecular complexity index is 368. The van der Waals surface area contributed by atoms with Gasteiger partial charge in [0.2, 0.25) is 0 Å². The number of hydrogen-bond donors (Lipinski definition) is 0. The Morgan fingerprint density at radius 2 is 1.29 bits per heavy atom. The van der Waals surface area contributed by atoms with Gasteiger partial charge in [0.25, 0.3) is 0 Å². The molecule has 2 fully saturated rings. The van der Waals surface area contributed by atoms with E-state index in [0.29, 0.717) is 16.4 Å². The summed E-state index contributed by atoms with van der Waals surface area (Å²) < 4.78 is 0. The maximum absolute atomic E-state index is 2.66. The second kappa shape index (κ2) is 5.25. The zero-order valence-corrected chi connectivity index (χ0v) is 16.1. The molecule has 0 amide bonds. The van der Waals surface area contributed by atoms with E-state index in [1.807, 2.05) is 0 Å². The van der Waals surface area contributed by atoms with E-state index in [1.165, 1.54) is 25.8 Å². The molecule has 2 aliphatic carbocycles. The van der Waals surface area contributed by atoms with Crippen molar-refractivity contribution >= 4 is 0 Å². The summed E-state index contributed by atoms with van der Waals surface area (Å²) in [5.41, 5.74) is 1.14. The number of nitrogens with zero attached hydrogens (tertiary/aromatic N) is 1. The fraction of sp³-hybridized carbons (Fsp3) is 1.00. The van der Waals surface area contributed by atoms with Crippen molar-refractivity contribution in [3.8, 4) is 0 Å². The molecular formula is C20H39N. The first-order chi connectivity index (χ1) is 9.34. The zero-order valence-electron chi connectivity index (χ0n) is 16.1. The second-order valence-electron chi connectivity index (χ2n) is 10.8. The number of fused-ring (bicyclic) bond motifs is 2. The molecule has 2 rings (SSSR count). The van der Waals surface area contributed by atoms with Crippen LogP contribution in [-0.4, -0.2) is 24.0 Å². The molecule has 21 heavy (non-hydrogen) atoms. The molecule has 2 saturated carbocycles. The molecule has 4 unspecified atom stereocenters. The van der Waals surface area contributed by atoms with E-state index >= 15 is 0 Å². The Hall–Kier alpha value is -0.0400. The Kier molecular flexibility index (Phi) is 4.33. The van der Waals surface area contributed by atoms with Crippen LogP contribution >= 0.6 is 0 Å². The predicted octanol–water partition coefficient (Wildman–Crippen LogP) is 5.45. The standard InChI is InChI=1S/C20H39N/c1-18(2,3)13-21(9)20(7,8)17-15-11-10-14(12-15)16(17)19(4,5)6/h14-17H,10-13H2,1-9H3. The fourth-order valence-electron chi connectivity index (χ4n) is 5.72. The van der Waals surface area contributed by atoms with Crippen LogP contribution in [0.4, 0.5) is 0 Å². The van der Waals surface area contributed by atoms with Crippen molar-refractivity contribution in [1.29, 1.82) is 0 Å². The highest BCUT2D eigenvalue weighted by Gasteiger charge is 2.57. The molecule has 0 aromatic carbocycles. The lowest BCUT2D eigenvalue weighted by atomic mass is 9.60. The van der Waals surface area contributed by atoms with Gasteiger partial charge in [-0.25, -0.2) is 0 Å². The molecule has 0 N–H and O–H groups in total. The third-order valence-corrected chi connectivity index (χ3v) is 6.43. The van der Waals surface area contributed by atoms with E-state index in [1.54, 1.807) is 0 Å². The Morgan fingerprint density at radius 1 is 0.810 bits per heavy atom. The summed E-state index contributed by atoms with van der Waals surface area (Å²) in [6.45, 7) is 20.7. The van der Waals surface area contributed by atoms with Crippen LogP contribution in [0.2, 0.25) is 0 Å². The van der Waals surface area contributed by atoms with Gasteiger partial charge in [-0.15, -0.1) is 0 Å². The third kappa shape index (κ3) is 3.33. The van der Waals surface area contributed by atoms with E-state index < -0.39 is 0 Å². The van der Waals surface area contributed by atoms with Gasteiger partial charge in [0.15, 0.2) is 0 Å². The quantitative estimate of drug-likeness (QED) is 0.668. The summed E-state index contributed by atoms with van der Waals surface area (Å²) in [6, 6.07) is 0. The van der Waals surface area contributed by atoms with E-state index in [9.17, 15) is 0 Å². The van der Waals surface area contributed by atoms with Crippen molar-refractivity contribution in [2.75, 3.05) is 13.6 Å². The van der Waals surface area contributed by atoms with Crippen LogP contribution in [0, 0.1) is 34.5 Å². The maximum Gasteiger partial charge on any atom is 0.0184 e. The summed E-state index contributed by atoms with van der Waals surface area (Å²) in [6.07, 6.45) is 4.47. The molecule has 0 heterocycles. The molecule has 0 radical (unpaired) electrons. The average Bonchev–Trinajstić information content (AvgIpc) is 2.84. The molecular weight excluding hydrogens is 254 g/mol. The van der Waals surface area contributed by atoms with Gasteiger partial charge in [0.1, 0.15) is 0 Å². The first-order valence-electron chi connectivity index (χ1n) is 9.05. The SMILES string of the molecule is CN(CC(C)(C)C)C(C)(C)C1C2CCC(C2)C1C(C)(C)C. The van der Waals surface area contributed by atoms with Crippen molar-refractivity contribution in [1.82, 2.24) is 4.90 Å². The number of rotatable bonds is 3. The van der Waals surface area contributed by atoms with Crippen molar-refractivity contribution in [3.05, 3.63) is 0 Å². The van der Waals surface area contributed by atoms with Crippen LogP contribution in [0.1, 0.15) is 74.7 Å². The zero-order chi connectivity index (χ0) is 16.2. The maximum atomic E-state index is 2.66. The van der Waals surface area contributed by atoms with Crippen LogP contribution in [0.25, 0.3) is 0 Å². The summed E-state index contributed by atoms with van der Waals surface area (Å²) in [7, 11) is 2.36. The predicted molar refractivity (Wildman–Crippen MR) is 93.4 cm³/mol. The van der Waals surface area contributed by atoms with E-state index in [-0.39, 0.29) is 0 Å². The average molecular weight is 294 g/mol.